The molecule has 0 bridgehead atoms. The third kappa shape index (κ3) is 4.59. The Balaban J connectivity index is 2.64. The zero-order valence-electron chi connectivity index (χ0n) is 9.24. The lowest BCUT2D eigenvalue weighted by Gasteiger charge is -2.12. The van der Waals surface area contributed by atoms with Crippen molar-refractivity contribution < 1.29 is 9.53 Å². The number of aromatic nitrogens is 1. The summed E-state index contributed by atoms with van der Waals surface area (Å²) >= 11 is 9.08. The zero-order chi connectivity index (χ0) is 12.8. The van der Waals surface area contributed by atoms with Crippen LogP contribution in [0.4, 0.5) is 5.69 Å². The molecule has 0 saturated heterocycles. The number of nitrogens with two attached hydrogens (primary N) is 1. The Kier molecular flexibility index (Phi) is 5.84. The molecule has 0 aromatic carbocycles. The Morgan fingerprint density at radius 2 is 2.47 bits per heavy atom. The maximum absolute atomic E-state index is 11.7. The number of nitrogens with one attached hydrogen (secondary N) is 1. The van der Waals surface area contributed by atoms with Crippen molar-refractivity contribution in [1.29, 1.82) is 0 Å². The summed E-state index contributed by atoms with van der Waals surface area (Å²) in [4.78, 5) is 15.6. The summed E-state index contributed by atoms with van der Waals surface area (Å²) in [5.41, 5.74) is 6.10. The second-order valence-corrected chi connectivity index (χ2v) is 4.64. The number of hydrogen-bond donors (Lipinski definition) is 2. The molecule has 0 radical (unpaired) electrons. The molecule has 1 aromatic heterocycles. The molecule has 1 amide bonds. The normalized spacial score (nSPS) is 12.2. The number of anilines is 1. The van der Waals surface area contributed by atoms with E-state index in [0.29, 0.717) is 18.7 Å². The van der Waals surface area contributed by atoms with Crippen LogP contribution >= 0.6 is 27.5 Å². The summed E-state index contributed by atoms with van der Waals surface area (Å²) in [6, 6.07) is 1.03. The van der Waals surface area contributed by atoms with Crippen molar-refractivity contribution in [2.24, 2.45) is 5.73 Å². The third-order valence-electron chi connectivity index (χ3n) is 2.03. The number of rotatable bonds is 5. The number of halogens is 2. The molecule has 0 fully saturated rings. The number of ether oxygens (including phenoxy) is 1. The highest BCUT2D eigenvalue weighted by Gasteiger charge is 2.15. The molecule has 0 saturated carbocycles. The van der Waals surface area contributed by atoms with Crippen molar-refractivity contribution in [3.05, 3.63) is 21.9 Å². The van der Waals surface area contributed by atoms with E-state index in [1.807, 2.05) is 0 Å². The first-order valence-corrected chi connectivity index (χ1v) is 6.08. The van der Waals surface area contributed by atoms with Crippen LogP contribution in [0.3, 0.4) is 0 Å². The second-order valence-electron chi connectivity index (χ2n) is 3.37. The average Bonchev–Trinajstić information content (AvgIpc) is 2.30. The van der Waals surface area contributed by atoms with E-state index in [1.165, 1.54) is 0 Å². The summed E-state index contributed by atoms with van der Waals surface area (Å²) in [5.74, 6) is -0.316. The smallest absolute Gasteiger partial charge is 0.241 e. The number of amides is 1. The standard InChI is InChI=1S/C10H13BrClN3O2/c1-17-3-2-7(13)10(16)15-8-4-6(11)5-14-9(8)12/h4-5,7H,2-3,13H2,1H3,(H,15,16). The van der Waals surface area contributed by atoms with Gasteiger partial charge in [-0.3, -0.25) is 4.79 Å². The van der Waals surface area contributed by atoms with Crippen LogP contribution in [0.25, 0.3) is 0 Å². The fourth-order valence-corrected chi connectivity index (χ4v) is 1.59. The van der Waals surface area contributed by atoms with Crippen LogP contribution in [0.1, 0.15) is 6.42 Å². The summed E-state index contributed by atoms with van der Waals surface area (Å²) in [6.07, 6.45) is 1.99. The van der Waals surface area contributed by atoms with Crippen LogP contribution < -0.4 is 11.1 Å². The van der Waals surface area contributed by atoms with Gasteiger partial charge >= 0.3 is 0 Å². The minimum Gasteiger partial charge on any atom is -0.385 e. The molecule has 1 heterocycles. The zero-order valence-corrected chi connectivity index (χ0v) is 11.6. The first-order chi connectivity index (χ1) is 8.04. The van der Waals surface area contributed by atoms with E-state index in [9.17, 15) is 4.79 Å². The molecule has 1 aromatic rings. The second kappa shape index (κ2) is 6.90. The van der Waals surface area contributed by atoms with Gasteiger partial charge in [-0.2, -0.15) is 0 Å². The Hall–Kier alpha value is -0.690. The summed E-state index contributed by atoms with van der Waals surface area (Å²) in [7, 11) is 1.56. The lowest BCUT2D eigenvalue weighted by molar-refractivity contribution is -0.117. The van der Waals surface area contributed by atoms with Crippen LogP contribution in [0, 0.1) is 0 Å². The maximum atomic E-state index is 11.7. The highest BCUT2D eigenvalue weighted by molar-refractivity contribution is 9.10. The molecule has 1 rings (SSSR count). The van der Waals surface area contributed by atoms with Crippen LogP contribution in [0.2, 0.25) is 5.15 Å². The minimum atomic E-state index is -0.634. The van der Waals surface area contributed by atoms with Crippen LogP contribution in [-0.2, 0) is 9.53 Å². The van der Waals surface area contributed by atoms with Gasteiger partial charge in [0.1, 0.15) is 0 Å². The number of pyridine rings is 1. The van der Waals surface area contributed by atoms with Crippen molar-refractivity contribution >= 4 is 39.1 Å². The summed E-state index contributed by atoms with van der Waals surface area (Å²) in [6.45, 7) is 0.430. The van der Waals surface area contributed by atoms with Crippen LogP contribution in [0.15, 0.2) is 16.7 Å². The Bertz CT molecular complexity index is 403. The van der Waals surface area contributed by atoms with Gasteiger partial charge in [-0.1, -0.05) is 11.6 Å². The lowest BCUT2D eigenvalue weighted by atomic mass is 10.2. The van der Waals surface area contributed by atoms with Gasteiger partial charge in [0.15, 0.2) is 5.15 Å². The Labute approximate surface area is 113 Å². The van der Waals surface area contributed by atoms with Crippen LogP contribution in [-0.4, -0.2) is 30.6 Å². The van der Waals surface area contributed by atoms with Gasteiger partial charge in [0.05, 0.1) is 11.7 Å². The fourth-order valence-electron chi connectivity index (χ4n) is 1.11. The maximum Gasteiger partial charge on any atom is 0.241 e. The van der Waals surface area contributed by atoms with Gasteiger partial charge in [0.2, 0.25) is 5.91 Å². The Morgan fingerprint density at radius 3 is 3.12 bits per heavy atom. The van der Waals surface area contributed by atoms with Crippen molar-refractivity contribution in [3.63, 3.8) is 0 Å². The third-order valence-corrected chi connectivity index (χ3v) is 2.77. The van der Waals surface area contributed by atoms with Gasteiger partial charge < -0.3 is 15.8 Å². The van der Waals surface area contributed by atoms with Gasteiger partial charge in [0.25, 0.3) is 0 Å². The molecule has 1 unspecified atom stereocenters. The molecule has 7 heteroatoms. The van der Waals surface area contributed by atoms with E-state index < -0.39 is 6.04 Å². The topological polar surface area (TPSA) is 77.2 Å². The van der Waals surface area contributed by atoms with Crippen molar-refractivity contribution in [2.45, 2.75) is 12.5 Å². The largest absolute Gasteiger partial charge is 0.385 e. The van der Waals surface area contributed by atoms with E-state index in [0.717, 1.165) is 4.47 Å². The molecule has 0 aliphatic heterocycles. The quantitative estimate of drug-likeness (QED) is 0.810. The molecular formula is C10H13BrClN3O2. The van der Waals surface area contributed by atoms with Crippen molar-refractivity contribution in [2.75, 3.05) is 19.0 Å². The fraction of sp³-hybridized carbons (Fsp3) is 0.400. The molecule has 3 N–H and O–H groups in total. The number of carbonyl (C=O) groups excluding carboxylic acids is 1. The van der Waals surface area contributed by atoms with E-state index >= 15 is 0 Å². The summed E-state index contributed by atoms with van der Waals surface area (Å²) in [5, 5.41) is 2.84. The highest BCUT2D eigenvalue weighted by Crippen LogP contribution is 2.22. The molecule has 17 heavy (non-hydrogen) atoms. The van der Waals surface area contributed by atoms with Crippen molar-refractivity contribution in [3.8, 4) is 0 Å². The van der Waals surface area contributed by atoms with Gasteiger partial charge in [-0.25, -0.2) is 4.98 Å². The SMILES string of the molecule is COCCC(N)C(=O)Nc1cc(Br)cnc1Cl. The minimum absolute atomic E-state index is 0.223. The average molecular weight is 323 g/mol. The predicted molar refractivity (Wildman–Crippen MR) is 70.0 cm³/mol. The molecule has 0 aliphatic carbocycles. The molecular weight excluding hydrogens is 309 g/mol. The lowest BCUT2D eigenvalue weighted by Crippen LogP contribution is -2.36. The number of methoxy groups -OCH3 is 1. The van der Waals surface area contributed by atoms with Gasteiger partial charge in [-0.15, -0.1) is 0 Å². The first kappa shape index (κ1) is 14.4. The van der Waals surface area contributed by atoms with Crippen molar-refractivity contribution in [1.82, 2.24) is 4.98 Å². The summed E-state index contributed by atoms with van der Waals surface area (Å²) < 4.78 is 5.57. The molecule has 1 atom stereocenters. The highest BCUT2D eigenvalue weighted by atomic mass is 79.9. The van der Waals surface area contributed by atoms with Gasteiger partial charge in [-0.05, 0) is 28.4 Å². The molecule has 0 aliphatic rings. The molecule has 5 nitrogen and oxygen atoms in total. The number of nitrogens with zero attached hydrogens (tertiary/aromatic N) is 1. The first-order valence-electron chi connectivity index (χ1n) is 4.91. The monoisotopic (exact) mass is 321 g/mol. The van der Waals surface area contributed by atoms with E-state index in [-0.39, 0.29) is 11.1 Å². The van der Waals surface area contributed by atoms with E-state index in [4.69, 9.17) is 22.1 Å². The Morgan fingerprint density at radius 1 is 1.76 bits per heavy atom. The molecule has 94 valence electrons. The van der Waals surface area contributed by atoms with E-state index in [2.05, 4.69) is 26.2 Å². The number of carbonyl (C=O) groups is 1. The predicted octanol–water partition coefficient (Wildman–Crippen LogP) is 1.80. The number of hydrogen-bond acceptors (Lipinski definition) is 4. The van der Waals surface area contributed by atoms with E-state index in [1.54, 1.807) is 19.4 Å². The van der Waals surface area contributed by atoms with Gasteiger partial charge in [0, 0.05) is 24.4 Å². The van der Waals surface area contributed by atoms with Crippen LogP contribution in [0.5, 0.6) is 0 Å². The molecule has 0 spiro atoms.